The van der Waals surface area contributed by atoms with Crippen LogP contribution in [0.3, 0.4) is 0 Å². The minimum absolute atomic E-state index is 0.0225. The molecule has 0 N–H and O–H groups in total. The molecule has 5 rings (SSSR count). The maximum absolute atomic E-state index is 12.7. The molecule has 1 aliphatic heterocycles. The first-order valence-corrected chi connectivity index (χ1v) is 12.1. The number of carbonyl (C=O) groups excluding carboxylic acids is 1. The van der Waals surface area contributed by atoms with Gasteiger partial charge in [0.15, 0.2) is 15.5 Å². The predicted octanol–water partition coefficient (Wildman–Crippen LogP) is 3.13. The van der Waals surface area contributed by atoms with Gasteiger partial charge < -0.3 is 9.47 Å². The van der Waals surface area contributed by atoms with E-state index in [4.69, 9.17) is 19.6 Å². The van der Waals surface area contributed by atoms with Crippen molar-refractivity contribution in [1.82, 2.24) is 14.8 Å². The Morgan fingerprint density at radius 3 is 2.45 bits per heavy atom. The second-order valence-electron chi connectivity index (χ2n) is 8.14. The zero-order chi connectivity index (χ0) is 21.8. The lowest BCUT2D eigenvalue weighted by molar-refractivity contribution is 0.0602. The van der Waals surface area contributed by atoms with Gasteiger partial charge in [0.05, 0.1) is 42.7 Å². The Kier molecular flexibility index (Phi) is 4.73. The number of esters is 1. The number of fused-ring (bicyclic) bond motifs is 1. The second kappa shape index (κ2) is 7.33. The molecule has 0 amide bonds. The average molecular weight is 442 g/mol. The van der Waals surface area contributed by atoms with Crippen molar-refractivity contribution in [3.63, 3.8) is 0 Å². The lowest BCUT2D eigenvalue weighted by Crippen LogP contribution is -2.13. The summed E-state index contributed by atoms with van der Waals surface area (Å²) in [5, 5.41) is 5.39. The van der Waals surface area contributed by atoms with Crippen LogP contribution in [0.4, 0.5) is 0 Å². The number of hydrogen-bond donors (Lipinski definition) is 0. The number of rotatable bonds is 5. The van der Waals surface area contributed by atoms with Gasteiger partial charge in [0.25, 0.3) is 0 Å². The summed E-state index contributed by atoms with van der Waals surface area (Å²) in [6, 6.07) is 8.87. The summed E-state index contributed by atoms with van der Waals surface area (Å²) < 4.78 is 36.3. The molecule has 1 aromatic carbocycles. The molecule has 0 unspecified atom stereocenters. The highest BCUT2D eigenvalue weighted by atomic mass is 32.2. The smallest absolute Gasteiger partial charge is 0.338 e. The molecule has 9 heteroatoms. The van der Waals surface area contributed by atoms with E-state index in [1.165, 1.54) is 7.11 Å². The number of nitrogens with zero attached hydrogens (tertiary/aromatic N) is 3. The molecule has 0 bridgehead atoms. The number of pyridine rings is 1. The Morgan fingerprint density at radius 1 is 1.13 bits per heavy atom. The maximum atomic E-state index is 12.7. The van der Waals surface area contributed by atoms with E-state index in [1.54, 1.807) is 17.9 Å². The van der Waals surface area contributed by atoms with E-state index in [2.05, 4.69) is 0 Å². The maximum Gasteiger partial charge on any atom is 0.338 e. The van der Waals surface area contributed by atoms with Crippen molar-refractivity contribution < 1.29 is 22.7 Å². The Labute approximate surface area is 180 Å². The standard InChI is InChI=1S/C22H23N3O5S/c1-29-16-7-5-14(6-8-16)20-19-17(22(26)30-2)11-18(13-3-4-13)23-21(19)25(24-20)15-9-10-31(27,28)12-15/h5-8,11,13,15H,3-4,9-10,12H2,1-2H3/t15-/m0/s1. The van der Waals surface area contributed by atoms with Gasteiger partial charge in [-0.3, -0.25) is 0 Å². The first-order chi connectivity index (χ1) is 14.9. The lowest BCUT2D eigenvalue weighted by atomic mass is 10.0. The van der Waals surface area contributed by atoms with Crippen LogP contribution >= 0.6 is 0 Å². The van der Waals surface area contributed by atoms with Crippen molar-refractivity contribution >= 4 is 26.8 Å². The number of methoxy groups -OCH3 is 2. The highest BCUT2D eigenvalue weighted by Gasteiger charge is 2.34. The van der Waals surface area contributed by atoms with Crippen LogP contribution < -0.4 is 4.74 Å². The van der Waals surface area contributed by atoms with Crippen molar-refractivity contribution in [1.29, 1.82) is 0 Å². The van der Waals surface area contributed by atoms with Crippen molar-refractivity contribution in [3.8, 4) is 17.0 Å². The van der Waals surface area contributed by atoms with Gasteiger partial charge >= 0.3 is 5.97 Å². The summed E-state index contributed by atoms with van der Waals surface area (Å²) in [6.45, 7) is 0. The lowest BCUT2D eigenvalue weighted by Gasteiger charge is -2.11. The largest absolute Gasteiger partial charge is 0.497 e. The highest BCUT2D eigenvalue weighted by Crippen LogP contribution is 2.42. The molecule has 1 saturated heterocycles. The van der Waals surface area contributed by atoms with Gasteiger partial charge in [-0.2, -0.15) is 5.10 Å². The Morgan fingerprint density at radius 2 is 1.87 bits per heavy atom. The highest BCUT2D eigenvalue weighted by molar-refractivity contribution is 7.91. The molecule has 2 fully saturated rings. The molecule has 162 valence electrons. The normalized spacial score (nSPS) is 20.1. The zero-order valence-corrected chi connectivity index (χ0v) is 18.2. The number of aromatic nitrogens is 3. The second-order valence-corrected chi connectivity index (χ2v) is 10.4. The van der Waals surface area contributed by atoms with E-state index in [-0.39, 0.29) is 17.5 Å². The number of carbonyl (C=O) groups is 1. The van der Waals surface area contributed by atoms with E-state index in [9.17, 15) is 13.2 Å². The van der Waals surface area contributed by atoms with E-state index in [1.807, 2.05) is 24.3 Å². The van der Waals surface area contributed by atoms with E-state index >= 15 is 0 Å². The quantitative estimate of drug-likeness (QED) is 0.561. The molecule has 1 aliphatic carbocycles. The molecule has 31 heavy (non-hydrogen) atoms. The van der Waals surface area contributed by atoms with Crippen LogP contribution in [0.2, 0.25) is 0 Å². The van der Waals surface area contributed by atoms with Gasteiger partial charge in [0.1, 0.15) is 11.4 Å². The molecule has 1 saturated carbocycles. The molecule has 3 heterocycles. The van der Waals surface area contributed by atoms with Crippen molar-refractivity contribution in [2.75, 3.05) is 25.7 Å². The molecule has 0 radical (unpaired) electrons. The van der Waals surface area contributed by atoms with Gasteiger partial charge in [0, 0.05) is 17.2 Å². The average Bonchev–Trinajstić information content (AvgIpc) is 3.47. The minimum Gasteiger partial charge on any atom is -0.497 e. The number of ether oxygens (including phenoxy) is 2. The third-order valence-electron chi connectivity index (χ3n) is 6.00. The van der Waals surface area contributed by atoms with Crippen LogP contribution in [-0.2, 0) is 14.6 Å². The van der Waals surface area contributed by atoms with Crippen LogP contribution in [0, 0.1) is 0 Å². The zero-order valence-electron chi connectivity index (χ0n) is 17.4. The third kappa shape index (κ3) is 3.56. The molecular weight excluding hydrogens is 418 g/mol. The Bertz CT molecular complexity index is 1280. The fraction of sp³-hybridized carbons (Fsp3) is 0.409. The first-order valence-electron chi connectivity index (χ1n) is 10.3. The molecular formula is C22H23N3O5S. The van der Waals surface area contributed by atoms with Crippen LogP contribution in [0.1, 0.15) is 47.3 Å². The minimum atomic E-state index is -3.12. The summed E-state index contributed by atoms with van der Waals surface area (Å²) in [4.78, 5) is 17.6. The van der Waals surface area contributed by atoms with Crippen LogP contribution in [0.5, 0.6) is 5.75 Å². The summed E-state index contributed by atoms with van der Waals surface area (Å²) in [5.41, 5.74) is 3.15. The molecule has 2 aromatic heterocycles. The number of benzene rings is 1. The third-order valence-corrected chi connectivity index (χ3v) is 7.75. The fourth-order valence-electron chi connectivity index (χ4n) is 4.19. The van der Waals surface area contributed by atoms with Crippen molar-refractivity contribution in [2.24, 2.45) is 0 Å². The summed E-state index contributed by atoms with van der Waals surface area (Å²) in [6.07, 6.45) is 2.52. The Balaban J connectivity index is 1.77. The van der Waals surface area contributed by atoms with Crippen LogP contribution in [0.25, 0.3) is 22.3 Å². The number of sulfone groups is 1. The summed E-state index contributed by atoms with van der Waals surface area (Å²) >= 11 is 0. The first kappa shape index (κ1) is 20.0. The van der Waals surface area contributed by atoms with Gasteiger partial charge in [-0.25, -0.2) is 22.9 Å². The van der Waals surface area contributed by atoms with Crippen molar-refractivity contribution in [2.45, 2.75) is 31.2 Å². The monoisotopic (exact) mass is 441 g/mol. The summed E-state index contributed by atoms with van der Waals surface area (Å²) in [5.74, 6) is 0.713. The number of hydrogen-bond acceptors (Lipinski definition) is 7. The van der Waals surface area contributed by atoms with Gasteiger partial charge in [-0.05, 0) is 49.6 Å². The van der Waals surface area contributed by atoms with Crippen LogP contribution in [-0.4, -0.2) is 54.9 Å². The van der Waals surface area contributed by atoms with Gasteiger partial charge in [-0.15, -0.1) is 0 Å². The van der Waals surface area contributed by atoms with Crippen molar-refractivity contribution in [3.05, 3.63) is 41.6 Å². The van der Waals surface area contributed by atoms with Crippen LogP contribution in [0.15, 0.2) is 30.3 Å². The van der Waals surface area contributed by atoms with E-state index in [0.717, 1.165) is 24.1 Å². The molecule has 8 nitrogen and oxygen atoms in total. The molecule has 3 aromatic rings. The Hall–Kier alpha value is -2.94. The molecule has 0 spiro atoms. The molecule has 2 aliphatic rings. The molecule has 1 atom stereocenters. The SMILES string of the molecule is COC(=O)c1cc(C2CC2)nc2c1c(-c1ccc(OC)cc1)nn2[C@H]1CCS(=O)(=O)C1. The predicted molar refractivity (Wildman–Crippen MR) is 115 cm³/mol. The van der Waals surface area contributed by atoms with E-state index < -0.39 is 15.8 Å². The van der Waals surface area contributed by atoms with Gasteiger partial charge in [0.2, 0.25) is 0 Å². The topological polar surface area (TPSA) is 100 Å². The van der Waals surface area contributed by atoms with Gasteiger partial charge in [-0.1, -0.05) is 0 Å². The summed E-state index contributed by atoms with van der Waals surface area (Å²) in [7, 11) is -0.169. The fourth-order valence-corrected chi connectivity index (χ4v) is 5.88. The van der Waals surface area contributed by atoms with E-state index in [0.29, 0.717) is 40.4 Å².